The van der Waals surface area contributed by atoms with E-state index in [1.54, 1.807) is 30.3 Å². The average Bonchev–Trinajstić information content (AvgIpc) is 2.39. The number of benzene rings is 1. The number of hydrogen-bond acceptors (Lipinski definition) is 4. The third-order valence-corrected chi connectivity index (χ3v) is 2.99. The SMILES string of the molecule is N#CC1C(=O)NC(=O)C(C#N)C1c1ccccc1. The van der Waals surface area contributed by atoms with Gasteiger partial charge in [-0.25, -0.2) is 0 Å². The highest BCUT2D eigenvalue weighted by Crippen LogP contribution is 2.35. The second-order valence-corrected chi connectivity index (χ2v) is 4.00. The minimum absolute atomic E-state index is 0.636. The smallest absolute Gasteiger partial charge is 0.244 e. The molecule has 1 N–H and O–H groups in total. The fraction of sp³-hybridized carbons (Fsp3) is 0.231. The first-order chi connectivity index (χ1) is 8.69. The van der Waals surface area contributed by atoms with E-state index in [4.69, 9.17) is 10.5 Å². The molecule has 2 unspecified atom stereocenters. The van der Waals surface area contributed by atoms with Crippen LogP contribution in [0.25, 0.3) is 0 Å². The van der Waals surface area contributed by atoms with Crippen LogP contribution < -0.4 is 5.32 Å². The van der Waals surface area contributed by atoms with Crippen molar-refractivity contribution in [2.45, 2.75) is 5.92 Å². The van der Waals surface area contributed by atoms with E-state index in [9.17, 15) is 9.59 Å². The summed E-state index contributed by atoms with van der Waals surface area (Å²) in [6.45, 7) is 0. The summed E-state index contributed by atoms with van der Waals surface area (Å²) in [7, 11) is 0. The van der Waals surface area contributed by atoms with Crippen LogP contribution in [0.15, 0.2) is 30.3 Å². The first-order valence-corrected chi connectivity index (χ1v) is 5.38. The molecule has 0 bridgehead atoms. The van der Waals surface area contributed by atoms with Gasteiger partial charge in [-0.1, -0.05) is 30.3 Å². The maximum absolute atomic E-state index is 11.6. The molecule has 1 aromatic rings. The number of carbonyl (C=O) groups excluding carboxylic acids is 2. The van der Waals surface area contributed by atoms with Gasteiger partial charge in [-0.3, -0.25) is 14.9 Å². The van der Waals surface area contributed by atoms with Crippen LogP contribution >= 0.6 is 0 Å². The second-order valence-electron chi connectivity index (χ2n) is 4.00. The molecule has 0 radical (unpaired) electrons. The lowest BCUT2D eigenvalue weighted by atomic mass is 9.74. The van der Waals surface area contributed by atoms with Crippen molar-refractivity contribution < 1.29 is 9.59 Å². The van der Waals surface area contributed by atoms with E-state index in [0.29, 0.717) is 5.56 Å². The van der Waals surface area contributed by atoms with Crippen molar-refractivity contribution in [1.29, 1.82) is 10.5 Å². The van der Waals surface area contributed by atoms with E-state index in [0.717, 1.165) is 0 Å². The summed E-state index contributed by atoms with van der Waals surface area (Å²) in [5.41, 5.74) is 0.652. The summed E-state index contributed by atoms with van der Waals surface area (Å²) in [5.74, 6) is -4.02. The van der Waals surface area contributed by atoms with Crippen molar-refractivity contribution in [3.05, 3.63) is 35.9 Å². The molecule has 2 amide bonds. The highest BCUT2D eigenvalue weighted by molar-refractivity contribution is 6.03. The number of rotatable bonds is 1. The van der Waals surface area contributed by atoms with Crippen LogP contribution in [-0.2, 0) is 9.59 Å². The minimum Gasteiger partial charge on any atom is -0.294 e. The molecular weight excluding hydrogens is 230 g/mol. The van der Waals surface area contributed by atoms with Crippen molar-refractivity contribution in [2.75, 3.05) is 0 Å². The Bertz CT molecular complexity index is 536. The van der Waals surface area contributed by atoms with E-state index in [2.05, 4.69) is 5.32 Å². The zero-order valence-corrected chi connectivity index (χ0v) is 9.33. The number of hydrogen-bond donors (Lipinski definition) is 1. The molecule has 1 aromatic carbocycles. The summed E-state index contributed by atoms with van der Waals surface area (Å²) >= 11 is 0. The summed E-state index contributed by atoms with van der Waals surface area (Å²) in [6.07, 6.45) is 0. The molecule has 0 aromatic heterocycles. The van der Waals surface area contributed by atoms with E-state index in [1.165, 1.54) is 0 Å². The molecule has 2 atom stereocenters. The molecule has 0 spiro atoms. The Morgan fingerprint density at radius 1 is 0.944 bits per heavy atom. The van der Waals surface area contributed by atoms with E-state index < -0.39 is 29.6 Å². The van der Waals surface area contributed by atoms with Gasteiger partial charge >= 0.3 is 0 Å². The lowest BCUT2D eigenvalue weighted by molar-refractivity contribution is -0.137. The van der Waals surface area contributed by atoms with Crippen LogP contribution in [0.1, 0.15) is 11.5 Å². The Hall–Kier alpha value is -2.66. The van der Waals surface area contributed by atoms with Gasteiger partial charge in [0, 0.05) is 5.92 Å². The molecule has 88 valence electrons. The largest absolute Gasteiger partial charge is 0.294 e. The van der Waals surface area contributed by atoms with Crippen molar-refractivity contribution in [2.24, 2.45) is 11.8 Å². The van der Waals surface area contributed by atoms with Crippen molar-refractivity contribution in [1.82, 2.24) is 5.32 Å². The average molecular weight is 239 g/mol. The minimum atomic E-state index is -1.02. The first-order valence-electron chi connectivity index (χ1n) is 5.38. The van der Waals surface area contributed by atoms with Crippen LogP contribution in [-0.4, -0.2) is 11.8 Å². The van der Waals surface area contributed by atoms with Crippen LogP contribution in [0.2, 0.25) is 0 Å². The number of nitrogens with zero attached hydrogens (tertiary/aromatic N) is 2. The first kappa shape index (κ1) is 11.8. The lowest BCUT2D eigenvalue weighted by Crippen LogP contribution is -2.49. The Kier molecular flexibility index (Phi) is 3.07. The molecule has 1 fully saturated rings. The normalized spacial score (nSPS) is 26.9. The summed E-state index contributed by atoms with van der Waals surface area (Å²) in [4.78, 5) is 23.2. The topological polar surface area (TPSA) is 93.8 Å². The van der Waals surface area contributed by atoms with Crippen LogP contribution in [0.4, 0.5) is 0 Å². The molecule has 0 aliphatic carbocycles. The van der Waals surface area contributed by atoms with Gasteiger partial charge in [0.2, 0.25) is 11.8 Å². The number of nitrogens with one attached hydrogen (secondary N) is 1. The molecule has 0 saturated carbocycles. The Morgan fingerprint density at radius 2 is 1.44 bits per heavy atom. The summed E-state index contributed by atoms with van der Waals surface area (Å²) in [5, 5.41) is 20.2. The van der Waals surface area contributed by atoms with Crippen molar-refractivity contribution >= 4 is 11.8 Å². The molecule has 5 nitrogen and oxygen atoms in total. The highest BCUT2D eigenvalue weighted by atomic mass is 16.2. The van der Waals surface area contributed by atoms with Crippen molar-refractivity contribution in [3.63, 3.8) is 0 Å². The highest BCUT2D eigenvalue weighted by Gasteiger charge is 2.44. The van der Waals surface area contributed by atoms with E-state index >= 15 is 0 Å². The molecule has 18 heavy (non-hydrogen) atoms. The lowest BCUT2D eigenvalue weighted by Gasteiger charge is -2.29. The molecule has 5 heteroatoms. The fourth-order valence-electron chi connectivity index (χ4n) is 2.13. The Morgan fingerprint density at radius 3 is 1.89 bits per heavy atom. The van der Waals surface area contributed by atoms with E-state index in [1.807, 2.05) is 12.1 Å². The predicted molar refractivity (Wildman–Crippen MR) is 60.5 cm³/mol. The maximum Gasteiger partial charge on any atom is 0.244 e. The van der Waals surface area contributed by atoms with Gasteiger partial charge in [0.05, 0.1) is 12.1 Å². The molecule has 1 saturated heterocycles. The number of amides is 2. The summed E-state index contributed by atoms with van der Waals surface area (Å²) < 4.78 is 0. The fourth-order valence-corrected chi connectivity index (χ4v) is 2.13. The van der Waals surface area contributed by atoms with E-state index in [-0.39, 0.29) is 0 Å². The van der Waals surface area contributed by atoms with Crippen LogP contribution in [0.3, 0.4) is 0 Å². The van der Waals surface area contributed by atoms with Gasteiger partial charge in [0.1, 0.15) is 11.8 Å². The van der Waals surface area contributed by atoms with Gasteiger partial charge in [-0.15, -0.1) is 0 Å². The molecule has 2 rings (SSSR count). The van der Waals surface area contributed by atoms with Gasteiger partial charge in [-0.2, -0.15) is 10.5 Å². The number of carbonyl (C=O) groups is 2. The second kappa shape index (κ2) is 4.68. The van der Waals surface area contributed by atoms with Crippen LogP contribution in [0.5, 0.6) is 0 Å². The van der Waals surface area contributed by atoms with Gasteiger partial charge < -0.3 is 0 Å². The predicted octanol–water partition coefficient (Wildman–Crippen LogP) is 0.706. The summed E-state index contributed by atoms with van der Waals surface area (Å²) in [6, 6.07) is 12.4. The molecule has 1 heterocycles. The molecular formula is C13H9N3O2. The zero-order valence-electron chi connectivity index (χ0n) is 9.33. The molecule has 1 aliphatic rings. The van der Waals surface area contributed by atoms with Crippen molar-refractivity contribution in [3.8, 4) is 12.1 Å². The Balaban J connectivity index is 2.50. The van der Waals surface area contributed by atoms with Gasteiger partial charge in [-0.05, 0) is 5.56 Å². The number of piperidine rings is 1. The van der Waals surface area contributed by atoms with Crippen LogP contribution in [0, 0.1) is 34.5 Å². The third-order valence-electron chi connectivity index (χ3n) is 2.99. The zero-order chi connectivity index (χ0) is 13.1. The molecule has 1 aliphatic heterocycles. The maximum atomic E-state index is 11.6. The monoisotopic (exact) mass is 239 g/mol. The van der Waals surface area contributed by atoms with Gasteiger partial charge in [0.25, 0.3) is 0 Å². The number of imide groups is 1. The van der Waals surface area contributed by atoms with Gasteiger partial charge in [0.15, 0.2) is 0 Å². The number of nitriles is 2. The Labute approximate surface area is 104 Å². The quantitative estimate of drug-likeness (QED) is 0.730. The standard InChI is InChI=1S/C13H9N3O2/c14-6-9-11(8-4-2-1-3-5-8)10(7-15)13(18)16-12(9)17/h1-5,9-11H,(H,16,17,18). The third kappa shape index (κ3) is 1.83.